The number of aliphatic imine (C=N–C) groups is 1. The zero-order valence-corrected chi connectivity index (χ0v) is 20.3. The highest BCUT2D eigenvalue weighted by atomic mass is 127. The lowest BCUT2D eigenvalue weighted by Gasteiger charge is -2.35. The molecule has 0 bridgehead atoms. The largest absolute Gasteiger partial charge is 0.367 e. The molecule has 0 saturated carbocycles. The molecule has 1 heterocycles. The first kappa shape index (κ1) is 25.5. The molecule has 0 aliphatic carbocycles. The number of benzene rings is 1. The molecule has 0 radical (unpaired) electrons. The second-order valence-electron chi connectivity index (χ2n) is 7.59. The summed E-state index contributed by atoms with van der Waals surface area (Å²) in [5.74, 6) is 0.576. The first-order valence-electron chi connectivity index (χ1n) is 10.2. The third-order valence-corrected chi connectivity index (χ3v) is 4.75. The Kier molecular flexibility index (Phi) is 11.3. The predicted octanol–water partition coefficient (Wildman–Crippen LogP) is 3.05. The Morgan fingerprint density at radius 1 is 1.34 bits per heavy atom. The van der Waals surface area contributed by atoms with Crippen molar-refractivity contribution in [2.45, 2.75) is 46.6 Å². The molecule has 1 unspecified atom stereocenters. The van der Waals surface area contributed by atoms with Crippen LogP contribution in [0.3, 0.4) is 0 Å². The lowest BCUT2D eigenvalue weighted by atomic mass is 10.0. The van der Waals surface area contributed by atoms with Gasteiger partial charge in [-0.05, 0) is 44.4 Å². The van der Waals surface area contributed by atoms with Crippen molar-refractivity contribution in [2.75, 3.05) is 37.6 Å². The van der Waals surface area contributed by atoms with E-state index in [4.69, 9.17) is 0 Å². The smallest absolute Gasteiger partial charge is 0.222 e. The van der Waals surface area contributed by atoms with E-state index in [1.807, 2.05) is 33.8 Å². The molecule has 8 heteroatoms. The molecule has 164 valence electrons. The molecule has 1 aromatic carbocycles. The van der Waals surface area contributed by atoms with Crippen molar-refractivity contribution in [3.05, 3.63) is 29.6 Å². The average Bonchev–Trinajstić information content (AvgIpc) is 2.67. The molecule has 1 aliphatic rings. The zero-order valence-electron chi connectivity index (χ0n) is 17.9. The number of nitrogens with zero attached hydrogens (tertiary/aromatic N) is 2. The first-order chi connectivity index (χ1) is 13.4. The van der Waals surface area contributed by atoms with Crippen molar-refractivity contribution in [2.24, 2.45) is 10.9 Å². The molecule has 1 amide bonds. The third-order valence-electron chi connectivity index (χ3n) is 4.75. The van der Waals surface area contributed by atoms with Gasteiger partial charge in [-0.3, -0.25) is 9.79 Å². The van der Waals surface area contributed by atoms with Crippen LogP contribution in [0.5, 0.6) is 0 Å². The van der Waals surface area contributed by atoms with Crippen LogP contribution in [0.4, 0.5) is 10.1 Å². The molecule has 1 fully saturated rings. The van der Waals surface area contributed by atoms with E-state index < -0.39 is 0 Å². The number of halogens is 2. The Morgan fingerprint density at radius 2 is 2.10 bits per heavy atom. The van der Waals surface area contributed by atoms with Crippen LogP contribution in [0.1, 0.15) is 39.2 Å². The summed E-state index contributed by atoms with van der Waals surface area (Å²) in [5.41, 5.74) is 1.73. The van der Waals surface area contributed by atoms with Gasteiger partial charge in [-0.1, -0.05) is 19.9 Å². The van der Waals surface area contributed by atoms with Crippen LogP contribution in [0.2, 0.25) is 0 Å². The standard InChI is InChI=1S/C21H34FN5O.HI/c1-5-23-21(25-11-10-24-20(28)15(2)3)26-17-7-6-12-27(14-17)19-13-16(4)8-9-18(19)22;/h8-9,13,15,17H,5-7,10-12,14H2,1-4H3,(H,24,28)(H2,23,25,26);1H. The van der Waals surface area contributed by atoms with E-state index in [0.29, 0.717) is 18.8 Å². The molecular formula is C21H35FIN5O. The highest BCUT2D eigenvalue weighted by Gasteiger charge is 2.23. The summed E-state index contributed by atoms with van der Waals surface area (Å²) in [6.45, 7) is 11.1. The Labute approximate surface area is 191 Å². The van der Waals surface area contributed by atoms with Crippen molar-refractivity contribution < 1.29 is 9.18 Å². The fourth-order valence-corrected chi connectivity index (χ4v) is 3.24. The van der Waals surface area contributed by atoms with Crippen LogP contribution < -0.4 is 20.9 Å². The number of anilines is 1. The molecule has 1 aromatic rings. The SMILES string of the molecule is CCNC(=NCCNC(=O)C(C)C)NC1CCCN(c2cc(C)ccc2F)C1.I. The fraction of sp³-hybridized carbons (Fsp3) is 0.619. The summed E-state index contributed by atoms with van der Waals surface area (Å²) in [5, 5.41) is 9.58. The van der Waals surface area contributed by atoms with Crippen LogP contribution in [0.15, 0.2) is 23.2 Å². The number of amides is 1. The number of rotatable bonds is 7. The maximum Gasteiger partial charge on any atom is 0.222 e. The summed E-state index contributed by atoms with van der Waals surface area (Å²) >= 11 is 0. The van der Waals surface area contributed by atoms with Gasteiger partial charge < -0.3 is 20.9 Å². The van der Waals surface area contributed by atoms with Crippen LogP contribution in [-0.2, 0) is 4.79 Å². The Hall–Kier alpha value is -1.58. The number of aryl methyl sites for hydroxylation is 1. The van der Waals surface area contributed by atoms with Gasteiger partial charge >= 0.3 is 0 Å². The maximum atomic E-state index is 14.3. The minimum absolute atomic E-state index is 0. The molecule has 29 heavy (non-hydrogen) atoms. The topological polar surface area (TPSA) is 68.8 Å². The molecule has 2 rings (SSSR count). The van der Waals surface area contributed by atoms with Crippen molar-refractivity contribution in [1.82, 2.24) is 16.0 Å². The van der Waals surface area contributed by atoms with Crippen LogP contribution in [-0.4, -0.2) is 50.6 Å². The van der Waals surface area contributed by atoms with E-state index in [2.05, 4.69) is 25.8 Å². The highest BCUT2D eigenvalue weighted by Crippen LogP contribution is 2.24. The number of guanidine groups is 1. The van der Waals surface area contributed by atoms with Gasteiger partial charge in [0, 0.05) is 38.1 Å². The number of carbonyl (C=O) groups excluding carboxylic acids is 1. The fourth-order valence-electron chi connectivity index (χ4n) is 3.24. The van der Waals surface area contributed by atoms with E-state index in [1.54, 1.807) is 12.1 Å². The summed E-state index contributed by atoms with van der Waals surface area (Å²) < 4.78 is 14.3. The molecule has 6 nitrogen and oxygen atoms in total. The van der Waals surface area contributed by atoms with Gasteiger partial charge in [0.15, 0.2) is 5.96 Å². The van der Waals surface area contributed by atoms with Gasteiger partial charge in [-0.25, -0.2) is 4.39 Å². The Morgan fingerprint density at radius 3 is 2.79 bits per heavy atom. The van der Waals surface area contributed by atoms with Gasteiger partial charge in [0.25, 0.3) is 0 Å². The minimum atomic E-state index is -0.173. The molecule has 1 aliphatic heterocycles. The van der Waals surface area contributed by atoms with Crippen LogP contribution in [0.25, 0.3) is 0 Å². The zero-order chi connectivity index (χ0) is 20.5. The molecule has 1 atom stereocenters. The van der Waals surface area contributed by atoms with Crippen LogP contribution in [0, 0.1) is 18.7 Å². The molecule has 1 saturated heterocycles. The predicted molar refractivity (Wildman–Crippen MR) is 129 cm³/mol. The normalized spacial score (nSPS) is 17.0. The van der Waals surface area contributed by atoms with Crippen molar-refractivity contribution >= 4 is 41.5 Å². The second-order valence-corrected chi connectivity index (χ2v) is 7.59. The van der Waals surface area contributed by atoms with Crippen molar-refractivity contribution in [1.29, 1.82) is 0 Å². The van der Waals surface area contributed by atoms with E-state index in [0.717, 1.165) is 44.0 Å². The second kappa shape index (κ2) is 12.9. The van der Waals surface area contributed by atoms with Gasteiger partial charge in [-0.15, -0.1) is 24.0 Å². The maximum absolute atomic E-state index is 14.3. The highest BCUT2D eigenvalue weighted by molar-refractivity contribution is 14.0. The summed E-state index contributed by atoms with van der Waals surface area (Å²) in [7, 11) is 0. The lowest BCUT2D eigenvalue weighted by Crippen LogP contribution is -2.51. The molecule has 3 N–H and O–H groups in total. The van der Waals surface area contributed by atoms with Gasteiger partial charge in [-0.2, -0.15) is 0 Å². The van der Waals surface area contributed by atoms with E-state index in [1.165, 1.54) is 0 Å². The molecule has 0 spiro atoms. The number of piperidine rings is 1. The van der Waals surface area contributed by atoms with Crippen molar-refractivity contribution in [3.63, 3.8) is 0 Å². The number of carbonyl (C=O) groups is 1. The monoisotopic (exact) mass is 519 g/mol. The summed E-state index contributed by atoms with van der Waals surface area (Å²) in [4.78, 5) is 18.3. The van der Waals surface area contributed by atoms with Gasteiger partial charge in [0.05, 0.1) is 12.2 Å². The minimum Gasteiger partial charge on any atom is -0.367 e. The Bertz CT molecular complexity index is 683. The Balaban J connectivity index is 0.00000420. The number of hydrogen-bond acceptors (Lipinski definition) is 3. The van der Waals surface area contributed by atoms with Gasteiger partial charge in [0.1, 0.15) is 5.82 Å². The molecule has 0 aromatic heterocycles. The first-order valence-corrected chi connectivity index (χ1v) is 10.2. The third kappa shape index (κ3) is 8.36. The van der Waals surface area contributed by atoms with Crippen LogP contribution >= 0.6 is 24.0 Å². The number of nitrogens with one attached hydrogen (secondary N) is 3. The average molecular weight is 519 g/mol. The van der Waals surface area contributed by atoms with E-state index in [9.17, 15) is 9.18 Å². The lowest BCUT2D eigenvalue weighted by molar-refractivity contribution is -0.123. The van der Waals surface area contributed by atoms with Crippen molar-refractivity contribution in [3.8, 4) is 0 Å². The molecular weight excluding hydrogens is 484 g/mol. The van der Waals surface area contributed by atoms with E-state index in [-0.39, 0.29) is 47.7 Å². The summed E-state index contributed by atoms with van der Waals surface area (Å²) in [6.07, 6.45) is 2.01. The van der Waals surface area contributed by atoms with E-state index >= 15 is 0 Å². The van der Waals surface area contributed by atoms with Gasteiger partial charge in [0.2, 0.25) is 5.91 Å². The number of hydrogen-bond donors (Lipinski definition) is 3. The quantitative estimate of drug-likeness (QED) is 0.224. The summed E-state index contributed by atoms with van der Waals surface area (Å²) in [6, 6.07) is 5.44.